The van der Waals surface area contributed by atoms with Crippen molar-refractivity contribution in [1.82, 2.24) is 15.1 Å². The number of likely N-dealkylation sites (N-methyl/N-ethyl adjacent to an activating group) is 1. The van der Waals surface area contributed by atoms with Gasteiger partial charge in [-0.1, -0.05) is 6.92 Å². The number of aryl methyl sites for hydroxylation is 1. The SMILES string of the molecule is CCNC(Cc1cnn(C)c1)c1cc(Br)c(Br)s1. The minimum absolute atomic E-state index is 0.340. The van der Waals surface area contributed by atoms with Crippen LogP contribution < -0.4 is 5.32 Å². The predicted molar refractivity (Wildman–Crippen MR) is 83.0 cm³/mol. The molecule has 1 atom stereocenters. The van der Waals surface area contributed by atoms with Gasteiger partial charge in [-0.15, -0.1) is 11.3 Å². The monoisotopic (exact) mass is 391 g/mol. The number of nitrogens with zero attached hydrogens (tertiary/aromatic N) is 2. The van der Waals surface area contributed by atoms with Crippen LogP contribution in [-0.2, 0) is 13.5 Å². The zero-order valence-electron chi connectivity index (χ0n) is 10.3. The second-order valence-corrected chi connectivity index (χ2v) is 7.36. The fourth-order valence-corrected chi connectivity index (χ4v) is 4.03. The molecule has 2 aromatic heterocycles. The van der Waals surface area contributed by atoms with E-state index < -0.39 is 0 Å². The topological polar surface area (TPSA) is 29.9 Å². The highest BCUT2D eigenvalue weighted by molar-refractivity contribution is 9.13. The molecule has 0 aromatic carbocycles. The summed E-state index contributed by atoms with van der Waals surface area (Å²) in [6.07, 6.45) is 4.96. The van der Waals surface area contributed by atoms with E-state index in [0.717, 1.165) is 21.2 Å². The molecule has 0 saturated heterocycles. The van der Waals surface area contributed by atoms with Gasteiger partial charge in [-0.25, -0.2) is 0 Å². The molecular formula is C12H15Br2N3S. The summed E-state index contributed by atoms with van der Waals surface area (Å²) in [6.45, 7) is 3.09. The third-order valence-electron chi connectivity index (χ3n) is 2.66. The summed E-state index contributed by atoms with van der Waals surface area (Å²) >= 11 is 8.87. The lowest BCUT2D eigenvalue weighted by molar-refractivity contribution is 0.558. The molecule has 0 aliphatic rings. The summed E-state index contributed by atoms with van der Waals surface area (Å²) in [6, 6.07) is 2.52. The van der Waals surface area contributed by atoms with E-state index in [4.69, 9.17) is 0 Å². The van der Waals surface area contributed by atoms with Gasteiger partial charge < -0.3 is 5.32 Å². The highest BCUT2D eigenvalue weighted by Gasteiger charge is 2.16. The molecule has 1 N–H and O–H groups in total. The first kappa shape index (κ1) is 14.2. The Balaban J connectivity index is 2.17. The van der Waals surface area contributed by atoms with Crippen LogP contribution in [0.1, 0.15) is 23.4 Å². The molecule has 0 saturated carbocycles. The van der Waals surface area contributed by atoms with Gasteiger partial charge in [-0.2, -0.15) is 5.10 Å². The summed E-state index contributed by atoms with van der Waals surface area (Å²) in [5.41, 5.74) is 1.25. The zero-order valence-corrected chi connectivity index (χ0v) is 14.3. The molecule has 0 fully saturated rings. The van der Waals surface area contributed by atoms with Crippen LogP contribution in [0.15, 0.2) is 26.7 Å². The van der Waals surface area contributed by atoms with Gasteiger partial charge in [0, 0.05) is 28.6 Å². The molecular weight excluding hydrogens is 378 g/mol. The van der Waals surface area contributed by atoms with Crippen LogP contribution in [0.25, 0.3) is 0 Å². The Kier molecular flexibility index (Phi) is 5.00. The molecule has 2 rings (SSSR count). The average Bonchev–Trinajstić information content (AvgIpc) is 2.86. The Morgan fingerprint density at radius 2 is 2.28 bits per heavy atom. The molecule has 1 unspecified atom stereocenters. The molecule has 0 aliphatic heterocycles. The van der Waals surface area contributed by atoms with E-state index in [9.17, 15) is 0 Å². The van der Waals surface area contributed by atoms with Crippen LogP contribution in [0.3, 0.4) is 0 Å². The summed E-state index contributed by atoms with van der Waals surface area (Å²) in [5.74, 6) is 0. The molecule has 0 amide bonds. The summed E-state index contributed by atoms with van der Waals surface area (Å²) in [7, 11) is 1.95. The van der Waals surface area contributed by atoms with Gasteiger partial charge in [-0.3, -0.25) is 4.68 Å². The van der Waals surface area contributed by atoms with Crippen molar-refractivity contribution < 1.29 is 0 Å². The minimum atomic E-state index is 0.340. The molecule has 6 heteroatoms. The first-order chi connectivity index (χ1) is 8.60. The lowest BCUT2D eigenvalue weighted by Gasteiger charge is -2.15. The molecule has 0 radical (unpaired) electrons. The average molecular weight is 393 g/mol. The molecule has 0 bridgehead atoms. The highest BCUT2D eigenvalue weighted by atomic mass is 79.9. The number of hydrogen-bond donors (Lipinski definition) is 1. The van der Waals surface area contributed by atoms with Crippen molar-refractivity contribution in [3.8, 4) is 0 Å². The third-order valence-corrected chi connectivity index (χ3v) is 6.03. The van der Waals surface area contributed by atoms with Crippen molar-refractivity contribution in [2.45, 2.75) is 19.4 Å². The van der Waals surface area contributed by atoms with E-state index in [1.165, 1.54) is 10.4 Å². The van der Waals surface area contributed by atoms with Gasteiger partial charge in [0.2, 0.25) is 0 Å². The summed E-state index contributed by atoms with van der Waals surface area (Å²) in [4.78, 5) is 1.33. The van der Waals surface area contributed by atoms with Crippen LogP contribution in [0.5, 0.6) is 0 Å². The van der Waals surface area contributed by atoms with Crippen LogP contribution >= 0.6 is 43.2 Å². The number of thiophene rings is 1. The molecule has 0 spiro atoms. The van der Waals surface area contributed by atoms with Crippen molar-refractivity contribution in [2.24, 2.45) is 7.05 Å². The van der Waals surface area contributed by atoms with Crippen LogP contribution in [0, 0.1) is 0 Å². The van der Waals surface area contributed by atoms with Crippen LogP contribution in [0.2, 0.25) is 0 Å². The van der Waals surface area contributed by atoms with Gasteiger partial charge in [-0.05, 0) is 56.5 Å². The largest absolute Gasteiger partial charge is 0.309 e. The van der Waals surface area contributed by atoms with Gasteiger partial charge >= 0.3 is 0 Å². The van der Waals surface area contributed by atoms with E-state index in [-0.39, 0.29) is 0 Å². The first-order valence-corrected chi connectivity index (χ1v) is 8.16. The quantitative estimate of drug-likeness (QED) is 0.836. The van der Waals surface area contributed by atoms with Crippen LogP contribution in [-0.4, -0.2) is 16.3 Å². The van der Waals surface area contributed by atoms with Crippen molar-refractivity contribution in [3.63, 3.8) is 0 Å². The van der Waals surface area contributed by atoms with Gasteiger partial charge in [0.25, 0.3) is 0 Å². The second-order valence-electron chi connectivity index (χ2n) is 4.11. The Morgan fingerprint density at radius 1 is 1.50 bits per heavy atom. The fraction of sp³-hybridized carbons (Fsp3) is 0.417. The summed E-state index contributed by atoms with van der Waals surface area (Å²) in [5, 5.41) is 7.75. The van der Waals surface area contributed by atoms with Gasteiger partial charge in [0.05, 0.1) is 9.98 Å². The number of hydrogen-bond acceptors (Lipinski definition) is 3. The number of halogens is 2. The second kappa shape index (κ2) is 6.32. The van der Waals surface area contributed by atoms with Crippen molar-refractivity contribution >= 4 is 43.2 Å². The van der Waals surface area contributed by atoms with Crippen molar-refractivity contribution in [1.29, 1.82) is 0 Å². The molecule has 3 nitrogen and oxygen atoms in total. The maximum absolute atomic E-state index is 4.22. The molecule has 98 valence electrons. The number of aromatic nitrogens is 2. The van der Waals surface area contributed by atoms with E-state index in [1.807, 2.05) is 17.9 Å². The first-order valence-electron chi connectivity index (χ1n) is 5.75. The predicted octanol–water partition coefficient (Wildman–Crippen LogP) is 3.90. The fourth-order valence-electron chi connectivity index (χ4n) is 1.87. The maximum atomic E-state index is 4.22. The highest BCUT2D eigenvalue weighted by Crippen LogP contribution is 2.36. The lowest BCUT2D eigenvalue weighted by atomic mass is 10.1. The maximum Gasteiger partial charge on any atom is 0.0843 e. The Morgan fingerprint density at radius 3 is 2.78 bits per heavy atom. The number of nitrogens with one attached hydrogen (secondary N) is 1. The summed E-state index contributed by atoms with van der Waals surface area (Å²) < 4.78 is 4.11. The number of rotatable bonds is 5. The van der Waals surface area contributed by atoms with E-state index >= 15 is 0 Å². The third kappa shape index (κ3) is 3.44. The molecule has 2 heterocycles. The lowest BCUT2D eigenvalue weighted by Crippen LogP contribution is -2.21. The Bertz CT molecular complexity index is 502. The Labute approximate surface area is 128 Å². The van der Waals surface area contributed by atoms with Crippen molar-refractivity contribution in [3.05, 3.63) is 37.2 Å². The normalized spacial score (nSPS) is 12.9. The van der Waals surface area contributed by atoms with E-state index in [2.05, 4.69) is 61.5 Å². The standard InChI is InChI=1S/C12H15Br2N3S/c1-3-15-10(4-8-6-16-17(2)7-8)11-5-9(13)12(14)18-11/h5-7,10,15H,3-4H2,1-2H3. The molecule has 18 heavy (non-hydrogen) atoms. The van der Waals surface area contributed by atoms with Crippen molar-refractivity contribution in [2.75, 3.05) is 6.54 Å². The van der Waals surface area contributed by atoms with Crippen LogP contribution in [0.4, 0.5) is 0 Å². The minimum Gasteiger partial charge on any atom is -0.309 e. The molecule has 2 aromatic rings. The van der Waals surface area contributed by atoms with E-state index in [0.29, 0.717) is 6.04 Å². The smallest absolute Gasteiger partial charge is 0.0843 e. The van der Waals surface area contributed by atoms with Gasteiger partial charge in [0.15, 0.2) is 0 Å². The van der Waals surface area contributed by atoms with Gasteiger partial charge in [0.1, 0.15) is 0 Å². The molecule has 0 aliphatic carbocycles. The zero-order chi connectivity index (χ0) is 13.1. The Hall–Kier alpha value is -0.170. The van der Waals surface area contributed by atoms with E-state index in [1.54, 1.807) is 11.3 Å².